The van der Waals surface area contributed by atoms with E-state index in [9.17, 15) is 19.2 Å². The highest BCUT2D eigenvalue weighted by Gasteiger charge is 2.55. The number of nitrogens with zero attached hydrogens (tertiary/aromatic N) is 3. The minimum absolute atomic E-state index is 0.00621. The van der Waals surface area contributed by atoms with Gasteiger partial charge in [0.25, 0.3) is 11.5 Å². The van der Waals surface area contributed by atoms with Crippen LogP contribution in [0, 0.1) is 11.3 Å². The maximum absolute atomic E-state index is 14.5. The molecule has 2 fully saturated rings. The molecule has 3 atom stereocenters. The fourth-order valence-electron chi connectivity index (χ4n) is 6.74. The maximum atomic E-state index is 14.5. The number of carbonyl (C=O) groups excluding carboxylic acids is 3. The zero-order valence-corrected chi connectivity index (χ0v) is 23.3. The Balaban J connectivity index is 1.37. The number of likely N-dealkylation sites (tertiary alicyclic amines) is 1. The molecule has 2 bridgehead atoms. The molecule has 212 valence electrons. The average Bonchev–Trinajstić information content (AvgIpc) is 2.97. The van der Waals surface area contributed by atoms with Gasteiger partial charge in [0, 0.05) is 43.9 Å². The van der Waals surface area contributed by atoms with E-state index in [-0.39, 0.29) is 30.4 Å². The van der Waals surface area contributed by atoms with Gasteiger partial charge in [-0.1, -0.05) is 37.3 Å². The van der Waals surface area contributed by atoms with Crippen LogP contribution in [-0.2, 0) is 29.0 Å². The fraction of sp³-hybridized carbons (Fsp3) is 0.375. The Labute approximate surface area is 238 Å². The number of rotatable bonds is 7. The molecule has 3 aromatic rings. The van der Waals surface area contributed by atoms with Gasteiger partial charge in [0.05, 0.1) is 12.8 Å². The number of aromatic nitrogens is 1. The molecule has 1 aromatic heterocycles. The highest BCUT2D eigenvalue weighted by Crippen LogP contribution is 2.39. The number of barbiturate groups is 1. The van der Waals surface area contributed by atoms with E-state index < -0.39 is 23.3 Å². The number of carbonyl (C=O) groups is 3. The lowest BCUT2D eigenvalue weighted by molar-refractivity contribution is -0.144. The van der Waals surface area contributed by atoms with Crippen LogP contribution in [0.5, 0.6) is 5.75 Å². The van der Waals surface area contributed by atoms with Crippen LogP contribution in [0.25, 0.3) is 0 Å². The smallest absolute Gasteiger partial charge is 0.335 e. The molecule has 3 aliphatic rings. The quantitative estimate of drug-likeness (QED) is 0.450. The molecule has 4 amide bonds. The Morgan fingerprint density at radius 2 is 1.63 bits per heavy atom. The predicted molar refractivity (Wildman–Crippen MR) is 154 cm³/mol. The first-order valence-electron chi connectivity index (χ1n) is 14.1. The zero-order chi connectivity index (χ0) is 28.7. The predicted octanol–water partition coefficient (Wildman–Crippen LogP) is 3.35. The summed E-state index contributed by atoms with van der Waals surface area (Å²) in [5, 5.41) is 2.51. The van der Waals surface area contributed by atoms with Crippen molar-refractivity contribution < 1.29 is 19.1 Å². The van der Waals surface area contributed by atoms with Crippen molar-refractivity contribution in [1.29, 1.82) is 0 Å². The van der Waals surface area contributed by atoms with Crippen molar-refractivity contribution in [2.75, 3.05) is 31.6 Å². The Bertz CT molecular complexity index is 1550. The Hall–Kier alpha value is -4.24. The number of benzene rings is 2. The first kappa shape index (κ1) is 27.0. The van der Waals surface area contributed by atoms with Crippen LogP contribution in [0.4, 0.5) is 10.5 Å². The number of hydrogen-bond acceptors (Lipinski definition) is 6. The minimum Gasteiger partial charge on any atom is -0.497 e. The third kappa shape index (κ3) is 4.84. The Morgan fingerprint density at radius 3 is 2.34 bits per heavy atom. The van der Waals surface area contributed by atoms with Crippen LogP contribution in [0.2, 0.25) is 0 Å². The Morgan fingerprint density at radius 1 is 0.902 bits per heavy atom. The van der Waals surface area contributed by atoms with Crippen molar-refractivity contribution in [2.45, 2.75) is 38.6 Å². The van der Waals surface area contributed by atoms with E-state index in [2.05, 4.69) is 10.2 Å². The van der Waals surface area contributed by atoms with Gasteiger partial charge >= 0.3 is 6.03 Å². The highest BCUT2D eigenvalue weighted by molar-refractivity contribution is 6.30. The molecule has 1 N–H and O–H groups in total. The molecule has 9 heteroatoms. The van der Waals surface area contributed by atoms with Crippen molar-refractivity contribution in [3.8, 4) is 5.75 Å². The van der Waals surface area contributed by atoms with Crippen LogP contribution < -0.4 is 20.5 Å². The number of urea groups is 1. The third-order valence-corrected chi connectivity index (χ3v) is 8.79. The van der Waals surface area contributed by atoms with Crippen molar-refractivity contribution in [2.24, 2.45) is 11.3 Å². The lowest BCUT2D eigenvalue weighted by atomic mass is 9.75. The van der Waals surface area contributed by atoms with Gasteiger partial charge in [0.15, 0.2) is 0 Å². The zero-order valence-electron chi connectivity index (χ0n) is 23.3. The maximum Gasteiger partial charge on any atom is 0.335 e. The van der Waals surface area contributed by atoms with Gasteiger partial charge in [-0.2, -0.15) is 0 Å². The number of nitrogens with one attached hydrogen (secondary N) is 1. The molecule has 0 saturated carbocycles. The number of anilines is 1. The van der Waals surface area contributed by atoms with Crippen LogP contribution in [0.15, 0.2) is 71.5 Å². The summed E-state index contributed by atoms with van der Waals surface area (Å²) in [6.45, 7) is 4.08. The van der Waals surface area contributed by atoms with Crippen LogP contribution >= 0.6 is 0 Å². The molecule has 0 aliphatic carbocycles. The van der Waals surface area contributed by atoms with Crippen molar-refractivity contribution in [3.63, 3.8) is 0 Å². The van der Waals surface area contributed by atoms with E-state index in [0.717, 1.165) is 34.6 Å². The largest absolute Gasteiger partial charge is 0.497 e. The van der Waals surface area contributed by atoms with Crippen molar-refractivity contribution in [3.05, 3.63) is 93.9 Å². The summed E-state index contributed by atoms with van der Waals surface area (Å²) >= 11 is 0. The molecule has 2 saturated heterocycles. The van der Waals surface area contributed by atoms with Gasteiger partial charge in [0.2, 0.25) is 5.91 Å². The number of hydrogen-bond donors (Lipinski definition) is 1. The van der Waals surface area contributed by atoms with Crippen LogP contribution in [0.3, 0.4) is 0 Å². The van der Waals surface area contributed by atoms with Gasteiger partial charge in [-0.3, -0.25) is 19.7 Å². The second-order valence-corrected chi connectivity index (χ2v) is 11.4. The average molecular weight is 555 g/mol. The van der Waals surface area contributed by atoms with Crippen molar-refractivity contribution in [1.82, 2.24) is 14.8 Å². The first-order chi connectivity index (χ1) is 19.8. The Kier molecular flexibility index (Phi) is 6.99. The second kappa shape index (κ2) is 10.6. The molecule has 0 unspecified atom stereocenters. The second-order valence-electron chi connectivity index (χ2n) is 11.4. The number of ether oxygens (including phenoxy) is 1. The summed E-state index contributed by atoms with van der Waals surface area (Å²) in [4.78, 5) is 57.2. The van der Waals surface area contributed by atoms with E-state index in [0.29, 0.717) is 31.1 Å². The molecule has 3 aliphatic heterocycles. The lowest BCUT2D eigenvalue weighted by Crippen LogP contribution is -2.68. The number of aryl methyl sites for hydroxylation is 1. The highest BCUT2D eigenvalue weighted by atomic mass is 16.5. The topological polar surface area (TPSA) is 101 Å². The number of pyridine rings is 1. The molecule has 0 radical (unpaired) electrons. The van der Waals surface area contributed by atoms with E-state index in [1.165, 1.54) is 0 Å². The molecule has 9 nitrogen and oxygen atoms in total. The standard InChI is InChI=1S/C32H34N4O5/c1-3-21-7-11-25(12-8-21)36-30(39)32(29(38)33-31(36)40,16-22-9-13-26(41-2)14-10-22)20-34-17-23-15-24(19-34)27-5-4-6-28(37)35(27)18-23/h4-14,23-24H,3,15-20H2,1-2H3,(H,33,38,40)/t23-,24-,32+/m0/s1. The molecular weight excluding hydrogens is 520 g/mol. The summed E-state index contributed by atoms with van der Waals surface area (Å²) in [6, 6.07) is 19.3. The molecule has 41 heavy (non-hydrogen) atoms. The summed E-state index contributed by atoms with van der Waals surface area (Å²) in [7, 11) is 1.58. The van der Waals surface area contributed by atoms with Gasteiger partial charge < -0.3 is 14.2 Å². The van der Waals surface area contributed by atoms with E-state index >= 15 is 0 Å². The summed E-state index contributed by atoms with van der Waals surface area (Å²) in [6.07, 6.45) is 1.91. The molecule has 2 aromatic carbocycles. The molecule has 0 spiro atoms. The van der Waals surface area contributed by atoms with Gasteiger partial charge in [0.1, 0.15) is 11.2 Å². The monoisotopic (exact) mass is 554 g/mol. The van der Waals surface area contributed by atoms with Gasteiger partial charge in [-0.25, -0.2) is 9.69 Å². The normalized spacial score (nSPS) is 24.1. The molecular formula is C32H34N4O5. The van der Waals surface area contributed by atoms with E-state index in [1.807, 2.05) is 41.8 Å². The summed E-state index contributed by atoms with van der Waals surface area (Å²) in [5.74, 6) is -0.0976. The van der Waals surface area contributed by atoms with Gasteiger partial charge in [-0.05, 0) is 66.6 Å². The number of amides is 4. The molecule has 4 heterocycles. The minimum atomic E-state index is -1.53. The SMILES string of the molecule is CCc1ccc(N2C(=O)NC(=O)[C@@](Cc3ccc(OC)cc3)(CN3C[C@@H]4C[C@@H](C3)c3cccc(=O)n3C4)C2=O)cc1. The van der Waals surface area contributed by atoms with Crippen LogP contribution in [-0.4, -0.2) is 54.1 Å². The van der Waals surface area contributed by atoms with Crippen molar-refractivity contribution >= 4 is 23.5 Å². The number of piperidine rings is 1. The van der Waals surface area contributed by atoms with Crippen LogP contribution in [0.1, 0.15) is 36.1 Å². The number of imide groups is 2. The first-order valence-corrected chi connectivity index (χ1v) is 14.1. The molecule has 6 rings (SSSR count). The fourth-order valence-corrected chi connectivity index (χ4v) is 6.74. The summed E-state index contributed by atoms with van der Waals surface area (Å²) < 4.78 is 7.17. The lowest BCUT2D eigenvalue weighted by Gasteiger charge is -2.47. The third-order valence-electron chi connectivity index (χ3n) is 8.79. The summed E-state index contributed by atoms with van der Waals surface area (Å²) in [5.41, 5.74) is 1.77. The van der Waals surface area contributed by atoms with E-state index in [4.69, 9.17) is 4.74 Å². The van der Waals surface area contributed by atoms with E-state index in [1.54, 1.807) is 43.5 Å². The number of fused-ring (bicyclic) bond motifs is 4. The van der Waals surface area contributed by atoms with Gasteiger partial charge in [-0.15, -0.1) is 0 Å². The number of methoxy groups -OCH3 is 1.